The molecule has 1 heterocycles. The van der Waals surface area contributed by atoms with Crippen LogP contribution >= 0.6 is 0 Å². The SMILES string of the molecule is Cc1cc(O)c(C(C)C)cc1NC(=O)c1cc(C)n(-c2ccccc2C(F)(F)F)c1C. The quantitative estimate of drug-likeness (QED) is 0.464. The smallest absolute Gasteiger partial charge is 0.418 e. The number of amides is 1. The van der Waals surface area contributed by atoms with Crippen molar-refractivity contribution in [3.8, 4) is 11.4 Å². The largest absolute Gasteiger partial charge is 0.508 e. The van der Waals surface area contributed by atoms with Gasteiger partial charge in [0.15, 0.2) is 0 Å². The predicted molar refractivity (Wildman–Crippen MR) is 115 cm³/mol. The summed E-state index contributed by atoms with van der Waals surface area (Å²) in [5, 5.41) is 13.0. The van der Waals surface area contributed by atoms with Gasteiger partial charge < -0.3 is 15.0 Å². The minimum absolute atomic E-state index is 0.0213. The Morgan fingerprint density at radius 2 is 1.71 bits per heavy atom. The molecule has 0 aliphatic heterocycles. The van der Waals surface area contributed by atoms with Gasteiger partial charge in [0.2, 0.25) is 0 Å². The van der Waals surface area contributed by atoms with E-state index >= 15 is 0 Å². The highest BCUT2D eigenvalue weighted by molar-refractivity contribution is 6.06. The summed E-state index contributed by atoms with van der Waals surface area (Å²) in [5.74, 6) is -0.208. The van der Waals surface area contributed by atoms with E-state index in [9.17, 15) is 23.1 Å². The Morgan fingerprint density at radius 1 is 1.06 bits per heavy atom. The van der Waals surface area contributed by atoms with Gasteiger partial charge in [-0.2, -0.15) is 13.2 Å². The van der Waals surface area contributed by atoms with Crippen molar-refractivity contribution in [3.05, 3.63) is 76.1 Å². The van der Waals surface area contributed by atoms with Crippen molar-refractivity contribution in [2.45, 2.75) is 46.7 Å². The van der Waals surface area contributed by atoms with Gasteiger partial charge in [-0.15, -0.1) is 0 Å². The van der Waals surface area contributed by atoms with E-state index in [0.717, 1.165) is 6.07 Å². The number of hydrogen-bond donors (Lipinski definition) is 2. The molecule has 0 radical (unpaired) electrons. The molecule has 3 aromatic rings. The van der Waals surface area contributed by atoms with Gasteiger partial charge in [0.05, 0.1) is 16.8 Å². The van der Waals surface area contributed by atoms with Gasteiger partial charge in [0.1, 0.15) is 5.75 Å². The number of nitrogens with zero attached hydrogens (tertiary/aromatic N) is 1. The topological polar surface area (TPSA) is 54.3 Å². The molecule has 1 aromatic heterocycles. The van der Waals surface area contributed by atoms with E-state index in [-0.39, 0.29) is 22.9 Å². The van der Waals surface area contributed by atoms with Crippen LogP contribution < -0.4 is 5.32 Å². The van der Waals surface area contributed by atoms with E-state index in [1.165, 1.54) is 22.8 Å². The standard InChI is InChI=1S/C24H25F3N2O2/c1-13(2)17-12-20(14(3)10-22(17)30)28-23(31)18-11-15(4)29(16(18)5)21-9-7-6-8-19(21)24(25,26)27/h6-13,30H,1-5H3,(H,28,31). The Hall–Kier alpha value is -3.22. The first kappa shape index (κ1) is 22.5. The molecule has 31 heavy (non-hydrogen) atoms. The molecular weight excluding hydrogens is 405 g/mol. The van der Waals surface area contributed by atoms with Crippen LogP contribution in [0.25, 0.3) is 5.69 Å². The Labute approximate surface area is 179 Å². The maximum Gasteiger partial charge on any atom is 0.418 e. The Balaban J connectivity index is 2.03. The first-order chi connectivity index (χ1) is 14.4. The van der Waals surface area contributed by atoms with Gasteiger partial charge in [-0.3, -0.25) is 4.79 Å². The predicted octanol–water partition coefficient (Wildman–Crippen LogP) is 6.50. The average molecular weight is 430 g/mol. The monoisotopic (exact) mass is 430 g/mol. The lowest BCUT2D eigenvalue weighted by molar-refractivity contribution is -0.137. The fraction of sp³-hybridized carbons (Fsp3) is 0.292. The van der Waals surface area contributed by atoms with Crippen molar-refractivity contribution in [2.75, 3.05) is 5.32 Å². The molecule has 1 amide bonds. The molecule has 2 aromatic carbocycles. The zero-order valence-corrected chi connectivity index (χ0v) is 18.1. The van der Waals surface area contributed by atoms with Crippen molar-refractivity contribution in [1.82, 2.24) is 4.57 Å². The van der Waals surface area contributed by atoms with Crippen LogP contribution in [0.3, 0.4) is 0 Å². The molecule has 4 nitrogen and oxygen atoms in total. The fourth-order valence-electron chi connectivity index (χ4n) is 3.77. The van der Waals surface area contributed by atoms with Crippen molar-refractivity contribution < 1.29 is 23.1 Å². The normalized spacial score (nSPS) is 11.8. The van der Waals surface area contributed by atoms with Gasteiger partial charge >= 0.3 is 6.18 Å². The average Bonchev–Trinajstić information content (AvgIpc) is 2.97. The number of alkyl halides is 3. The molecule has 3 rings (SSSR count). The first-order valence-corrected chi connectivity index (χ1v) is 9.92. The molecule has 164 valence electrons. The number of aromatic hydroxyl groups is 1. The number of carbonyl (C=O) groups is 1. The number of aryl methyl sites for hydroxylation is 2. The second-order valence-corrected chi connectivity index (χ2v) is 7.97. The summed E-state index contributed by atoms with van der Waals surface area (Å²) in [6.07, 6.45) is -4.52. The highest BCUT2D eigenvalue weighted by atomic mass is 19.4. The number of phenolic OH excluding ortho intramolecular Hbond substituents is 1. The Morgan fingerprint density at radius 3 is 2.32 bits per heavy atom. The fourth-order valence-corrected chi connectivity index (χ4v) is 3.77. The van der Waals surface area contributed by atoms with Crippen LogP contribution in [0.15, 0.2) is 42.5 Å². The maximum atomic E-state index is 13.5. The first-order valence-electron chi connectivity index (χ1n) is 9.92. The van der Waals surface area contributed by atoms with Gasteiger partial charge in [-0.05, 0) is 68.1 Å². The van der Waals surface area contributed by atoms with Crippen LogP contribution in [0.5, 0.6) is 5.75 Å². The molecule has 0 unspecified atom stereocenters. The van der Waals surface area contributed by atoms with Crippen LogP contribution in [0.1, 0.15) is 58.2 Å². The number of phenols is 1. The second kappa shape index (κ2) is 8.13. The maximum absolute atomic E-state index is 13.5. The highest BCUT2D eigenvalue weighted by Crippen LogP contribution is 2.36. The number of aromatic nitrogens is 1. The lowest BCUT2D eigenvalue weighted by atomic mass is 9.99. The lowest BCUT2D eigenvalue weighted by Gasteiger charge is -2.17. The van der Waals surface area contributed by atoms with Gasteiger partial charge in [0, 0.05) is 17.1 Å². The number of halogens is 3. The number of benzene rings is 2. The van der Waals surface area contributed by atoms with E-state index < -0.39 is 17.6 Å². The molecule has 2 N–H and O–H groups in total. The van der Waals surface area contributed by atoms with Crippen LogP contribution in [-0.4, -0.2) is 15.6 Å². The summed E-state index contributed by atoms with van der Waals surface area (Å²) < 4.78 is 42.0. The zero-order chi connectivity index (χ0) is 23.1. The molecule has 0 saturated heterocycles. The molecule has 0 saturated carbocycles. The number of carbonyl (C=O) groups excluding carboxylic acids is 1. The van der Waals surface area contributed by atoms with Gasteiger partial charge in [-0.1, -0.05) is 26.0 Å². The molecular formula is C24H25F3N2O2. The van der Waals surface area contributed by atoms with E-state index in [2.05, 4.69) is 5.32 Å². The molecule has 7 heteroatoms. The van der Waals surface area contributed by atoms with Crippen molar-refractivity contribution in [1.29, 1.82) is 0 Å². The van der Waals surface area contributed by atoms with Crippen LogP contribution in [0, 0.1) is 20.8 Å². The number of para-hydroxylation sites is 1. The molecule has 0 aliphatic rings. The summed E-state index contributed by atoms with van der Waals surface area (Å²) >= 11 is 0. The summed E-state index contributed by atoms with van der Waals surface area (Å²) in [6.45, 7) is 8.92. The summed E-state index contributed by atoms with van der Waals surface area (Å²) in [5.41, 5.74) is 2.36. The Bertz CT molecular complexity index is 1140. The van der Waals surface area contributed by atoms with Crippen molar-refractivity contribution >= 4 is 11.6 Å². The summed E-state index contributed by atoms with van der Waals surface area (Å²) in [6, 6.07) is 10.2. The second-order valence-electron chi connectivity index (χ2n) is 7.97. The summed E-state index contributed by atoms with van der Waals surface area (Å²) in [7, 11) is 0. The third-order valence-corrected chi connectivity index (χ3v) is 5.37. The van der Waals surface area contributed by atoms with Gasteiger partial charge in [-0.25, -0.2) is 0 Å². The minimum atomic E-state index is -4.52. The molecule has 0 fully saturated rings. The molecule has 0 atom stereocenters. The van der Waals surface area contributed by atoms with E-state index in [1.807, 2.05) is 13.8 Å². The number of rotatable bonds is 4. The molecule has 0 bridgehead atoms. The highest BCUT2D eigenvalue weighted by Gasteiger charge is 2.34. The third-order valence-electron chi connectivity index (χ3n) is 5.37. The Kier molecular flexibility index (Phi) is 5.89. The van der Waals surface area contributed by atoms with Crippen molar-refractivity contribution in [2.24, 2.45) is 0 Å². The molecule has 0 aliphatic carbocycles. The number of hydrogen-bond acceptors (Lipinski definition) is 2. The van der Waals surface area contributed by atoms with Gasteiger partial charge in [0.25, 0.3) is 5.91 Å². The number of nitrogens with one attached hydrogen (secondary N) is 1. The number of anilines is 1. The zero-order valence-electron chi connectivity index (χ0n) is 18.1. The van der Waals surface area contributed by atoms with Crippen LogP contribution in [0.4, 0.5) is 18.9 Å². The molecule has 0 spiro atoms. The van der Waals surface area contributed by atoms with Crippen molar-refractivity contribution in [3.63, 3.8) is 0 Å². The minimum Gasteiger partial charge on any atom is -0.508 e. The van der Waals surface area contributed by atoms with Crippen LogP contribution in [0.2, 0.25) is 0 Å². The lowest BCUT2D eigenvalue weighted by Crippen LogP contribution is -2.15. The third kappa shape index (κ3) is 4.31. The van der Waals surface area contributed by atoms with E-state index in [0.29, 0.717) is 28.2 Å². The van der Waals surface area contributed by atoms with E-state index in [1.54, 1.807) is 39.0 Å². The van der Waals surface area contributed by atoms with Crippen LogP contribution in [-0.2, 0) is 6.18 Å². The summed E-state index contributed by atoms with van der Waals surface area (Å²) in [4.78, 5) is 13.0. The van der Waals surface area contributed by atoms with E-state index in [4.69, 9.17) is 0 Å².